The van der Waals surface area contributed by atoms with Crippen LogP contribution in [0, 0.1) is 5.92 Å². The summed E-state index contributed by atoms with van der Waals surface area (Å²) in [4.78, 5) is 2.52. The lowest BCUT2D eigenvalue weighted by atomic mass is 10.1. The monoisotopic (exact) mass is 200 g/mol. The van der Waals surface area contributed by atoms with Crippen molar-refractivity contribution in [2.75, 3.05) is 26.2 Å². The lowest BCUT2D eigenvalue weighted by molar-refractivity contribution is -0.0536. The van der Waals surface area contributed by atoms with Gasteiger partial charge in [-0.25, -0.2) is 0 Å². The lowest BCUT2D eigenvalue weighted by Crippen LogP contribution is -2.48. The lowest BCUT2D eigenvalue weighted by Gasteiger charge is -2.38. The van der Waals surface area contributed by atoms with Gasteiger partial charge in [-0.1, -0.05) is 6.92 Å². The van der Waals surface area contributed by atoms with Crippen LogP contribution >= 0.6 is 0 Å². The van der Waals surface area contributed by atoms with Crippen molar-refractivity contribution in [2.24, 2.45) is 11.7 Å². The minimum absolute atomic E-state index is 0.385. The van der Waals surface area contributed by atoms with Gasteiger partial charge in [0.25, 0.3) is 0 Å². The van der Waals surface area contributed by atoms with Gasteiger partial charge >= 0.3 is 0 Å². The molecule has 1 fully saturated rings. The number of hydrogen-bond donors (Lipinski definition) is 1. The molecule has 0 aromatic carbocycles. The molecule has 3 nitrogen and oxygen atoms in total. The number of hydrogen-bond acceptors (Lipinski definition) is 3. The fraction of sp³-hybridized carbons (Fsp3) is 1.00. The van der Waals surface area contributed by atoms with Gasteiger partial charge in [0.15, 0.2) is 0 Å². The molecule has 0 aliphatic carbocycles. The van der Waals surface area contributed by atoms with Crippen LogP contribution in [0.3, 0.4) is 0 Å². The molecule has 1 aliphatic heterocycles. The van der Waals surface area contributed by atoms with E-state index in [4.69, 9.17) is 10.5 Å². The quantitative estimate of drug-likeness (QED) is 0.738. The van der Waals surface area contributed by atoms with E-state index in [9.17, 15) is 0 Å². The highest BCUT2D eigenvalue weighted by Gasteiger charge is 2.24. The van der Waals surface area contributed by atoms with E-state index in [-0.39, 0.29) is 0 Å². The van der Waals surface area contributed by atoms with Crippen LogP contribution in [0.15, 0.2) is 0 Å². The molecule has 0 aromatic rings. The highest BCUT2D eigenvalue weighted by atomic mass is 16.5. The fourth-order valence-electron chi connectivity index (χ4n) is 2.00. The normalized spacial score (nSPS) is 31.7. The van der Waals surface area contributed by atoms with Gasteiger partial charge in [0.2, 0.25) is 0 Å². The molecule has 84 valence electrons. The smallest absolute Gasteiger partial charge is 0.0674 e. The zero-order chi connectivity index (χ0) is 10.6. The summed E-state index contributed by atoms with van der Waals surface area (Å²) in [5.41, 5.74) is 5.55. The number of rotatable bonds is 4. The Balaban J connectivity index is 2.33. The van der Waals surface area contributed by atoms with Crippen LogP contribution in [0.2, 0.25) is 0 Å². The summed E-state index contributed by atoms with van der Waals surface area (Å²) in [6.07, 6.45) is 1.51. The first-order chi connectivity index (χ1) is 6.63. The van der Waals surface area contributed by atoms with Crippen LogP contribution in [0.1, 0.15) is 27.2 Å². The van der Waals surface area contributed by atoms with Gasteiger partial charge < -0.3 is 10.5 Å². The molecule has 0 aromatic heterocycles. The molecule has 0 spiro atoms. The van der Waals surface area contributed by atoms with Crippen LogP contribution in [0.5, 0.6) is 0 Å². The molecule has 0 amide bonds. The first kappa shape index (κ1) is 12.0. The van der Waals surface area contributed by atoms with Crippen molar-refractivity contribution in [2.45, 2.75) is 39.3 Å². The van der Waals surface area contributed by atoms with Gasteiger partial charge in [-0.3, -0.25) is 4.90 Å². The molecule has 3 heteroatoms. The van der Waals surface area contributed by atoms with Crippen LogP contribution in [-0.2, 0) is 4.74 Å². The number of nitrogens with two attached hydrogens (primary N) is 1. The van der Waals surface area contributed by atoms with Crippen molar-refractivity contribution in [3.8, 4) is 0 Å². The molecule has 1 aliphatic rings. The van der Waals surface area contributed by atoms with E-state index >= 15 is 0 Å². The number of morpholine rings is 1. The SMILES string of the molecule is CC(CCN)CN1CC(C)OCC1C. The predicted molar refractivity (Wildman–Crippen MR) is 59.3 cm³/mol. The topological polar surface area (TPSA) is 38.5 Å². The van der Waals surface area contributed by atoms with E-state index in [0.717, 1.165) is 32.7 Å². The van der Waals surface area contributed by atoms with Crippen LogP contribution in [-0.4, -0.2) is 43.3 Å². The molecule has 0 bridgehead atoms. The molecule has 1 rings (SSSR count). The van der Waals surface area contributed by atoms with Crippen LogP contribution < -0.4 is 5.73 Å². The van der Waals surface area contributed by atoms with Crippen molar-refractivity contribution in [3.63, 3.8) is 0 Å². The average Bonchev–Trinajstić information content (AvgIpc) is 2.12. The van der Waals surface area contributed by atoms with Crippen molar-refractivity contribution in [3.05, 3.63) is 0 Å². The second kappa shape index (κ2) is 5.69. The second-order valence-electron chi connectivity index (χ2n) is 4.63. The molecule has 0 saturated carbocycles. The van der Waals surface area contributed by atoms with Crippen molar-refractivity contribution < 1.29 is 4.74 Å². The first-order valence-corrected chi connectivity index (χ1v) is 5.69. The standard InChI is InChI=1S/C11H24N2O/c1-9(4-5-12)6-13-7-11(3)14-8-10(13)2/h9-11H,4-8,12H2,1-3H3. The number of ether oxygens (including phenoxy) is 1. The van der Waals surface area contributed by atoms with Crippen molar-refractivity contribution in [1.29, 1.82) is 0 Å². The molecular weight excluding hydrogens is 176 g/mol. The van der Waals surface area contributed by atoms with Crippen molar-refractivity contribution in [1.82, 2.24) is 4.90 Å². The third kappa shape index (κ3) is 3.56. The molecule has 0 radical (unpaired) electrons. The van der Waals surface area contributed by atoms with E-state index in [1.165, 1.54) is 0 Å². The van der Waals surface area contributed by atoms with Gasteiger partial charge in [0.1, 0.15) is 0 Å². The Morgan fingerprint density at radius 1 is 1.50 bits per heavy atom. The first-order valence-electron chi connectivity index (χ1n) is 5.69. The highest BCUT2D eigenvalue weighted by molar-refractivity contribution is 4.76. The fourth-order valence-corrected chi connectivity index (χ4v) is 2.00. The Kier molecular flexibility index (Phi) is 4.85. The summed E-state index contributed by atoms with van der Waals surface area (Å²) >= 11 is 0. The van der Waals surface area contributed by atoms with Crippen molar-refractivity contribution >= 4 is 0 Å². The Morgan fingerprint density at radius 2 is 2.21 bits per heavy atom. The minimum atomic E-state index is 0.385. The third-order valence-corrected chi connectivity index (χ3v) is 2.94. The van der Waals surface area contributed by atoms with Gasteiger partial charge in [0, 0.05) is 19.1 Å². The van der Waals surface area contributed by atoms with Gasteiger partial charge in [-0.05, 0) is 32.7 Å². The number of nitrogens with zero attached hydrogens (tertiary/aromatic N) is 1. The summed E-state index contributed by atoms with van der Waals surface area (Å²) in [6, 6.07) is 0.562. The highest BCUT2D eigenvalue weighted by Crippen LogP contribution is 2.14. The predicted octanol–water partition coefficient (Wildman–Crippen LogP) is 1.08. The summed E-state index contributed by atoms with van der Waals surface area (Å²) in [5.74, 6) is 0.702. The summed E-state index contributed by atoms with van der Waals surface area (Å²) in [6.45, 7) is 10.6. The Labute approximate surface area is 87.6 Å². The van der Waals surface area contributed by atoms with E-state index < -0.39 is 0 Å². The maximum Gasteiger partial charge on any atom is 0.0674 e. The van der Waals surface area contributed by atoms with E-state index in [1.54, 1.807) is 0 Å². The Hall–Kier alpha value is -0.120. The molecule has 2 N–H and O–H groups in total. The third-order valence-electron chi connectivity index (χ3n) is 2.94. The zero-order valence-corrected chi connectivity index (χ0v) is 9.70. The van der Waals surface area contributed by atoms with E-state index in [0.29, 0.717) is 18.1 Å². The summed E-state index contributed by atoms with van der Waals surface area (Å²) in [7, 11) is 0. The second-order valence-corrected chi connectivity index (χ2v) is 4.63. The molecule has 1 heterocycles. The Bertz CT molecular complexity index is 163. The summed E-state index contributed by atoms with van der Waals surface area (Å²) in [5, 5.41) is 0. The summed E-state index contributed by atoms with van der Waals surface area (Å²) < 4.78 is 5.60. The van der Waals surface area contributed by atoms with Gasteiger partial charge in [-0.2, -0.15) is 0 Å². The zero-order valence-electron chi connectivity index (χ0n) is 9.70. The van der Waals surface area contributed by atoms with E-state index in [1.807, 2.05) is 0 Å². The molecular formula is C11H24N2O. The maximum absolute atomic E-state index is 5.60. The minimum Gasteiger partial charge on any atom is -0.376 e. The molecule has 1 saturated heterocycles. The maximum atomic E-state index is 5.60. The van der Waals surface area contributed by atoms with Gasteiger partial charge in [0.05, 0.1) is 12.7 Å². The van der Waals surface area contributed by atoms with Crippen LogP contribution in [0.25, 0.3) is 0 Å². The van der Waals surface area contributed by atoms with Crippen LogP contribution in [0.4, 0.5) is 0 Å². The van der Waals surface area contributed by atoms with Gasteiger partial charge in [-0.15, -0.1) is 0 Å². The largest absolute Gasteiger partial charge is 0.376 e. The Morgan fingerprint density at radius 3 is 2.86 bits per heavy atom. The molecule has 3 atom stereocenters. The molecule has 3 unspecified atom stereocenters. The average molecular weight is 200 g/mol. The molecule has 14 heavy (non-hydrogen) atoms. The van der Waals surface area contributed by atoms with E-state index in [2.05, 4.69) is 25.7 Å².